The minimum Gasteiger partial charge on any atom is -0.411 e. The van der Waals surface area contributed by atoms with Gasteiger partial charge in [-0.05, 0) is 24.1 Å². The molecule has 27 heavy (non-hydrogen) atoms. The van der Waals surface area contributed by atoms with E-state index in [1.54, 1.807) is 42.7 Å². The zero-order valence-electron chi connectivity index (χ0n) is 14.9. The average Bonchev–Trinajstić information content (AvgIpc) is 3.14. The van der Waals surface area contributed by atoms with Crippen molar-refractivity contribution in [1.82, 2.24) is 20.5 Å². The number of carbonyl (C=O) groups excluding carboxylic acids is 1. The molecule has 6 nitrogen and oxygen atoms in total. The summed E-state index contributed by atoms with van der Waals surface area (Å²) in [6.45, 7) is 3.99. The number of thioether (sulfide) groups is 1. The van der Waals surface area contributed by atoms with Gasteiger partial charge in [-0.1, -0.05) is 43.8 Å². The van der Waals surface area contributed by atoms with Crippen LogP contribution in [0.25, 0.3) is 11.5 Å². The first kappa shape index (κ1) is 19.0. The predicted molar refractivity (Wildman–Crippen MR) is 100 cm³/mol. The highest BCUT2D eigenvalue weighted by Gasteiger charge is 2.26. The molecule has 1 amide bonds. The Balaban J connectivity index is 1.66. The van der Waals surface area contributed by atoms with Gasteiger partial charge in [-0.2, -0.15) is 0 Å². The number of hydrogen-bond acceptors (Lipinski definition) is 6. The van der Waals surface area contributed by atoms with E-state index < -0.39 is 5.25 Å². The Labute approximate surface area is 160 Å². The number of hydrogen-bond donors (Lipinski definition) is 1. The van der Waals surface area contributed by atoms with Gasteiger partial charge in [0.25, 0.3) is 5.22 Å². The lowest BCUT2D eigenvalue weighted by Gasteiger charge is -2.18. The number of nitrogens with zero attached hydrogens (tertiary/aromatic N) is 3. The fourth-order valence-electron chi connectivity index (χ4n) is 2.39. The lowest BCUT2D eigenvalue weighted by Crippen LogP contribution is -2.35. The molecule has 1 aromatic carbocycles. The zero-order valence-corrected chi connectivity index (χ0v) is 15.7. The van der Waals surface area contributed by atoms with E-state index >= 15 is 0 Å². The minimum atomic E-state index is -0.442. The normalized spacial score (nSPS) is 12.1. The molecule has 0 saturated heterocycles. The standard InChI is InChI=1S/C19H19FN4O2S/c1-12(2)16(17(25)22-11-14-5-3-4-6-15(14)20)27-19-24-23-18(26-19)13-7-9-21-10-8-13/h3-10,12,16H,11H2,1-2H3,(H,22,25). The molecule has 0 aliphatic heterocycles. The van der Waals surface area contributed by atoms with Crippen molar-refractivity contribution in [3.63, 3.8) is 0 Å². The molecule has 0 radical (unpaired) electrons. The van der Waals surface area contributed by atoms with Gasteiger partial charge in [0.1, 0.15) is 5.82 Å². The molecule has 1 N–H and O–H groups in total. The number of benzene rings is 1. The van der Waals surface area contributed by atoms with Crippen LogP contribution in [0.2, 0.25) is 0 Å². The molecule has 0 bridgehead atoms. The van der Waals surface area contributed by atoms with E-state index in [0.717, 1.165) is 5.56 Å². The average molecular weight is 386 g/mol. The van der Waals surface area contributed by atoms with Crippen molar-refractivity contribution in [1.29, 1.82) is 0 Å². The van der Waals surface area contributed by atoms with E-state index in [9.17, 15) is 9.18 Å². The van der Waals surface area contributed by atoms with E-state index in [2.05, 4.69) is 20.5 Å². The van der Waals surface area contributed by atoms with Gasteiger partial charge in [0.2, 0.25) is 11.8 Å². The molecular weight excluding hydrogens is 367 g/mol. The Morgan fingerprint density at radius 2 is 1.93 bits per heavy atom. The van der Waals surface area contributed by atoms with Crippen LogP contribution in [-0.2, 0) is 11.3 Å². The van der Waals surface area contributed by atoms with E-state index in [-0.39, 0.29) is 24.2 Å². The number of carbonyl (C=O) groups is 1. The van der Waals surface area contributed by atoms with Crippen molar-refractivity contribution in [3.05, 3.63) is 60.2 Å². The maximum Gasteiger partial charge on any atom is 0.277 e. The minimum absolute atomic E-state index is 0.0203. The van der Waals surface area contributed by atoms with Crippen molar-refractivity contribution in [2.24, 2.45) is 5.92 Å². The molecule has 0 aliphatic carbocycles. The van der Waals surface area contributed by atoms with Crippen LogP contribution in [0, 0.1) is 11.7 Å². The van der Waals surface area contributed by atoms with Crippen molar-refractivity contribution in [2.45, 2.75) is 30.9 Å². The summed E-state index contributed by atoms with van der Waals surface area (Å²) in [7, 11) is 0. The van der Waals surface area contributed by atoms with Gasteiger partial charge in [-0.15, -0.1) is 10.2 Å². The van der Waals surface area contributed by atoms with Crippen LogP contribution >= 0.6 is 11.8 Å². The van der Waals surface area contributed by atoms with Gasteiger partial charge in [0.05, 0.1) is 5.25 Å². The monoisotopic (exact) mass is 386 g/mol. The molecule has 0 fully saturated rings. The van der Waals surface area contributed by atoms with Crippen LogP contribution in [0.3, 0.4) is 0 Å². The predicted octanol–water partition coefficient (Wildman–Crippen LogP) is 3.70. The number of aromatic nitrogens is 3. The van der Waals surface area contributed by atoms with Gasteiger partial charge < -0.3 is 9.73 Å². The maximum absolute atomic E-state index is 13.7. The van der Waals surface area contributed by atoms with Crippen molar-refractivity contribution in [3.8, 4) is 11.5 Å². The molecule has 8 heteroatoms. The second-order valence-electron chi connectivity index (χ2n) is 6.20. The Bertz CT molecular complexity index is 901. The Kier molecular flexibility index (Phi) is 6.18. The van der Waals surface area contributed by atoms with Crippen LogP contribution in [0.15, 0.2) is 58.4 Å². The molecule has 140 valence electrons. The van der Waals surface area contributed by atoms with E-state index in [1.165, 1.54) is 17.8 Å². The number of nitrogens with one attached hydrogen (secondary N) is 1. The van der Waals surface area contributed by atoms with Gasteiger partial charge in [0.15, 0.2) is 0 Å². The molecule has 2 aromatic heterocycles. The second-order valence-corrected chi connectivity index (χ2v) is 7.29. The molecule has 1 atom stereocenters. The summed E-state index contributed by atoms with van der Waals surface area (Å²) in [5.41, 5.74) is 1.20. The Morgan fingerprint density at radius 3 is 2.63 bits per heavy atom. The third-order valence-electron chi connectivity index (χ3n) is 3.84. The van der Waals surface area contributed by atoms with Crippen molar-refractivity contribution in [2.75, 3.05) is 0 Å². The highest BCUT2D eigenvalue weighted by atomic mass is 32.2. The third kappa shape index (κ3) is 4.91. The zero-order chi connectivity index (χ0) is 19.2. The van der Waals surface area contributed by atoms with Gasteiger partial charge >= 0.3 is 0 Å². The lowest BCUT2D eigenvalue weighted by molar-refractivity contribution is -0.121. The van der Waals surface area contributed by atoms with Gasteiger partial charge in [-0.3, -0.25) is 9.78 Å². The smallest absolute Gasteiger partial charge is 0.277 e. The van der Waals surface area contributed by atoms with Crippen LogP contribution < -0.4 is 5.32 Å². The molecule has 1 unspecified atom stereocenters. The topological polar surface area (TPSA) is 80.9 Å². The third-order valence-corrected chi connectivity index (χ3v) is 5.22. The number of pyridine rings is 1. The molecular formula is C19H19FN4O2S. The van der Waals surface area contributed by atoms with Gasteiger partial charge in [0, 0.05) is 30.1 Å². The SMILES string of the molecule is CC(C)C(Sc1nnc(-c2ccncc2)o1)C(=O)NCc1ccccc1F. The summed E-state index contributed by atoms with van der Waals surface area (Å²) in [5.74, 6) is -0.159. The highest BCUT2D eigenvalue weighted by Crippen LogP contribution is 2.29. The van der Waals surface area contributed by atoms with Gasteiger partial charge in [-0.25, -0.2) is 4.39 Å². The van der Waals surface area contributed by atoms with E-state index in [4.69, 9.17) is 4.42 Å². The first-order valence-electron chi connectivity index (χ1n) is 8.46. The summed E-state index contributed by atoms with van der Waals surface area (Å²) in [5, 5.41) is 10.7. The maximum atomic E-state index is 13.7. The molecule has 0 saturated carbocycles. The number of amides is 1. The first-order chi connectivity index (χ1) is 13.0. The Hall–Kier alpha value is -2.74. The quantitative estimate of drug-likeness (QED) is 0.624. The first-order valence-corrected chi connectivity index (χ1v) is 9.34. The van der Waals surface area contributed by atoms with E-state index in [1.807, 2.05) is 13.8 Å². The van der Waals surface area contributed by atoms with Crippen molar-refractivity contribution < 1.29 is 13.6 Å². The van der Waals surface area contributed by atoms with Crippen LogP contribution in [0.4, 0.5) is 4.39 Å². The van der Waals surface area contributed by atoms with Crippen LogP contribution in [0.5, 0.6) is 0 Å². The molecule has 0 aliphatic rings. The molecule has 3 aromatic rings. The molecule has 0 spiro atoms. The fraction of sp³-hybridized carbons (Fsp3) is 0.263. The summed E-state index contributed by atoms with van der Waals surface area (Å²) in [4.78, 5) is 16.5. The number of rotatable bonds is 7. The summed E-state index contributed by atoms with van der Waals surface area (Å²) >= 11 is 1.20. The number of halogens is 1. The summed E-state index contributed by atoms with van der Waals surface area (Å²) in [6, 6.07) is 9.90. The van der Waals surface area contributed by atoms with Crippen LogP contribution in [0.1, 0.15) is 19.4 Å². The highest BCUT2D eigenvalue weighted by molar-refractivity contribution is 8.00. The molecule has 3 rings (SSSR count). The lowest BCUT2D eigenvalue weighted by atomic mass is 10.1. The summed E-state index contributed by atoms with van der Waals surface area (Å²) in [6.07, 6.45) is 3.28. The fourth-order valence-corrected chi connectivity index (χ4v) is 3.29. The van der Waals surface area contributed by atoms with Crippen molar-refractivity contribution >= 4 is 17.7 Å². The second kappa shape index (κ2) is 8.77. The summed E-state index contributed by atoms with van der Waals surface area (Å²) < 4.78 is 19.4. The molecule has 2 heterocycles. The van der Waals surface area contributed by atoms with Crippen LogP contribution in [-0.4, -0.2) is 26.3 Å². The Morgan fingerprint density at radius 1 is 1.19 bits per heavy atom. The largest absolute Gasteiger partial charge is 0.411 e. The van der Waals surface area contributed by atoms with E-state index in [0.29, 0.717) is 16.7 Å².